The molecule has 0 saturated heterocycles. The third-order valence-electron chi connectivity index (χ3n) is 3.36. The van der Waals surface area contributed by atoms with Crippen molar-refractivity contribution in [3.63, 3.8) is 0 Å². The van der Waals surface area contributed by atoms with Gasteiger partial charge in [0.2, 0.25) is 0 Å². The van der Waals surface area contributed by atoms with Gasteiger partial charge >= 0.3 is 0 Å². The molecule has 2 aromatic rings. The molecule has 0 aliphatic heterocycles. The van der Waals surface area contributed by atoms with Crippen molar-refractivity contribution in [3.8, 4) is 5.75 Å². The summed E-state index contributed by atoms with van der Waals surface area (Å²) in [4.78, 5) is 11.4. The Labute approximate surface area is 127 Å². The minimum Gasteiger partial charge on any atom is -0.497 e. The van der Waals surface area contributed by atoms with Crippen LogP contribution in [0.3, 0.4) is 0 Å². The van der Waals surface area contributed by atoms with Crippen LogP contribution < -0.4 is 4.74 Å². The Balaban J connectivity index is 2.25. The largest absolute Gasteiger partial charge is 0.497 e. The monoisotopic (exact) mass is 332 g/mol. The summed E-state index contributed by atoms with van der Waals surface area (Å²) < 4.78 is 5.15. The number of alkyl halides is 1. The number of benzene rings is 2. The van der Waals surface area contributed by atoms with E-state index in [1.54, 1.807) is 7.11 Å². The number of carbonyl (C=O) groups excluding carboxylic acids is 1. The molecule has 20 heavy (non-hydrogen) atoms. The van der Waals surface area contributed by atoms with Crippen molar-refractivity contribution in [3.05, 3.63) is 65.2 Å². The summed E-state index contributed by atoms with van der Waals surface area (Å²) in [6, 6.07) is 15.8. The van der Waals surface area contributed by atoms with Crippen LogP contribution in [0.1, 0.15) is 27.4 Å². The highest BCUT2D eigenvalue weighted by Crippen LogP contribution is 2.37. The van der Waals surface area contributed by atoms with E-state index in [9.17, 15) is 4.79 Å². The molecule has 2 atom stereocenters. The fourth-order valence-electron chi connectivity index (χ4n) is 2.10. The van der Waals surface area contributed by atoms with Crippen LogP contribution in [0.25, 0.3) is 0 Å². The van der Waals surface area contributed by atoms with Crippen LogP contribution in [-0.2, 0) is 4.79 Å². The van der Waals surface area contributed by atoms with E-state index in [-0.39, 0.29) is 10.7 Å². The molecule has 0 aliphatic rings. The Kier molecular flexibility index (Phi) is 4.96. The summed E-state index contributed by atoms with van der Waals surface area (Å²) in [7, 11) is 1.64. The lowest BCUT2D eigenvalue weighted by Gasteiger charge is -2.18. The summed E-state index contributed by atoms with van der Waals surface area (Å²) in [5, 5.41) is 0. The van der Waals surface area contributed by atoms with Gasteiger partial charge in [0.25, 0.3) is 0 Å². The Morgan fingerprint density at radius 1 is 1.00 bits per heavy atom. The predicted octanol–water partition coefficient (Wildman–Crippen LogP) is 4.42. The Morgan fingerprint density at radius 2 is 1.55 bits per heavy atom. The lowest BCUT2D eigenvalue weighted by atomic mass is 9.92. The van der Waals surface area contributed by atoms with Gasteiger partial charge < -0.3 is 9.53 Å². The van der Waals surface area contributed by atoms with Crippen molar-refractivity contribution in [1.29, 1.82) is 0 Å². The first kappa shape index (κ1) is 14.8. The maximum Gasteiger partial charge on any atom is 0.128 e. The first-order valence-corrected chi connectivity index (χ1v) is 7.37. The quantitative estimate of drug-likeness (QED) is 0.598. The maximum atomic E-state index is 11.5. The van der Waals surface area contributed by atoms with E-state index >= 15 is 0 Å². The van der Waals surface area contributed by atoms with E-state index in [0.29, 0.717) is 0 Å². The number of carbonyl (C=O) groups is 1. The molecule has 0 bridgehead atoms. The normalized spacial score (nSPS) is 13.6. The van der Waals surface area contributed by atoms with Gasteiger partial charge in [0, 0.05) is 0 Å². The fourth-order valence-corrected chi connectivity index (χ4v) is 2.84. The van der Waals surface area contributed by atoms with Gasteiger partial charge in [-0.1, -0.05) is 57.9 Å². The average Bonchev–Trinajstić information content (AvgIpc) is 2.50. The Bertz CT molecular complexity index is 561. The van der Waals surface area contributed by atoms with Gasteiger partial charge in [0.15, 0.2) is 0 Å². The second-order valence-corrected chi connectivity index (χ2v) is 5.73. The molecule has 0 aliphatic carbocycles. The summed E-state index contributed by atoms with van der Waals surface area (Å²) in [6.45, 7) is 2.04. The first-order valence-electron chi connectivity index (χ1n) is 6.45. The zero-order chi connectivity index (χ0) is 14.5. The molecule has 104 valence electrons. The molecule has 0 aromatic heterocycles. The third kappa shape index (κ3) is 3.28. The van der Waals surface area contributed by atoms with E-state index in [2.05, 4.69) is 15.9 Å². The minimum absolute atomic E-state index is 0.0476. The first-order chi connectivity index (χ1) is 9.65. The van der Waals surface area contributed by atoms with Crippen molar-refractivity contribution in [2.24, 2.45) is 0 Å². The summed E-state index contributed by atoms with van der Waals surface area (Å²) >= 11 is 3.64. The van der Waals surface area contributed by atoms with Gasteiger partial charge in [0.1, 0.15) is 12.0 Å². The molecule has 0 N–H and O–H groups in total. The van der Waals surface area contributed by atoms with Crippen LogP contribution >= 0.6 is 15.9 Å². The highest BCUT2D eigenvalue weighted by molar-refractivity contribution is 9.09. The van der Waals surface area contributed by atoms with Crippen LogP contribution in [0.4, 0.5) is 0 Å². The number of aryl methyl sites for hydroxylation is 1. The molecule has 0 heterocycles. The highest BCUT2D eigenvalue weighted by Gasteiger charge is 2.21. The lowest BCUT2D eigenvalue weighted by molar-refractivity contribution is -0.109. The maximum absolute atomic E-state index is 11.5. The molecule has 0 radical (unpaired) electrons. The number of halogens is 1. The number of rotatable bonds is 5. The van der Waals surface area contributed by atoms with Crippen molar-refractivity contribution >= 4 is 22.2 Å². The van der Waals surface area contributed by atoms with Crippen LogP contribution in [0, 0.1) is 6.92 Å². The van der Waals surface area contributed by atoms with E-state index in [1.165, 1.54) is 5.56 Å². The van der Waals surface area contributed by atoms with Crippen molar-refractivity contribution in [2.45, 2.75) is 17.7 Å². The van der Waals surface area contributed by atoms with Gasteiger partial charge in [-0.25, -0.2) is 0 Å². The van der Waals surface area contributed by atoms with Crippen molar-refractivity contribution in [2.75, 3.05) is 7.11 Å². The molecule has 3 heteroatoms. The number of aldehydes is 1. The lowest BCUT2D eigenvalue weighted by Crippen LogP contribution is -2.07. The molecule has 2 aromatic carbocycles. The van der Waals surface area contributed by atoms with Crippen LogP contribution in [0.15, 0.2) is 48.5 Å². The van der Waals surface area contributed by atoms with E-state index in [1.807, 2.05) is 55.5 Å². The molecule has 0 saturated carbocycles. The van der Waals surface area contributed by atoms with Gasteiger partial charge in [-0.3, -0.25) is 0 Å². The van der Waals surface area contributed by atoms with E-state index in [4.69, 9.17) is 4.74 Å². The van der Waals surface area contributed by atoms with Crippen LogP contribution in [0.5, 0.6) is 5.75 Å². The Hall–Kier alpha value is -1.61. The number of methoxy groups -OCH3 is 1. The average molecular weight is 333 g/mol. The third-order valence-corrected chi connectivity index (χ3v) is 4.46. The highest BCUT2D eigenvalue weighted by atomic mass is 79.9. The molecular formula is C17H17BrO2. The second kappa shape index (κ2) is 6.71. The fraction of sp³-hybridized carbons (Fsp3) is 0.235. The predicted molar refractivity (Wildman–Crippen MR) is 84.6 cm³/mol. The van der Waals surface area contributed by atoms with E-state index in [0.717, 1.165) is 23.2 Å². The van der Waals surface area contributed by atoms with Gasteiger partial charge in [-0.05, 0) is 30.2 Å². The molecule has 2 unspecified atom stereocenters. The number of ether oxygens (including phenoxy) is 1. The van der Waals surface area contributed by atoms with Gasteiger partial charge in [0.05, 0.1) is 17.9 Å². The van der Waals surface area contributed by atoms with Crippen LogP contribution in [-0.4, -0.2) is 13.4 Å². The van der Waals surface area contributed by atoms with Crippen molar-refractivity contribution < 1.29 is 9.53 Å². The van der Waals surface area contributed by atoms with Gasteiger partial charge in [-0.15, -0.1) is 0 Å². The SMILES string of the molecule is COc1ccc(C(Br)C(C=O)c2ccc(C)cc2)cc1. The number of hydrogen-bond acceptors (Lipinski definition) is 2. The summed E-state index contributed by atoms with van der Waals surface area (Å²) in [5.41, 5.74) is 3.26. The molecule has 2 rings (SSSR count). The van der Waals surface area contributed by atoms with E-state index < -0.39 is 0 Å². The zero-order valence-corrected chi connectivity index (χ0v) is 13.1. The number of hydrogen-bond donors (Lipinski definition) is 0. The van der Waals surface area contributed by atoms with Crippen LogP contribution in [0.2, 0.25) is 0 Å². The molecule has 2 nitrogen and oxygen atoms in total. The topological polar surface area (TPSA) is 26.3 Å². The summed E-state index contributed by atoms with van der Waals surface area (Å²) in [6.07, 6.45) is 0.994. The standard InChI is InChI=1S/C17H17BrO2/c1-12-3-5-13(6-4-12)16(11-19)17(18)14-7-9-15(20-2)10-8-14/h3-11,16-17H,1-2H3. The van der Waals surface area contributed by atoms with Gasteiger partial charge in [-0.2, -0.15) is 0 Å². The van der Waals surface area contributed by atoms with Crippen molar-refractivity contribution in [1.82, 2.24) is 0 Å². The zero-order valence-electron chi connectivity index (χ0n) is 11.5. The molecule has 0 fully saturated rings. The smallest absolute Gasteiger partial charge is 0.128 e. The molecular weight excluding hydrogens is 316 g/mol. The summed E-state index contributed by atoms with van der Waals surface area (Å²) in [5.74, 6) is 0.607. The Morgan fingerprint density at radius 3 is 2.05 bits per heavy atom. The molecule has 0 amide bonds. The molecule has 0 spiro atoms. The second-order valence-electron chi connectivity index (χ2n) is 4.75. The minimum atomic E-state index is -0.205.